The molecule has 1 unspecified atom stereocenters. The minimum Gasteiger partial charge on any atom is -0.329 e. The first-order valence-corrected chi connectivity index (χ1v) is 6.35. The third-order valence-corrected chi connectivity index (χ3v) is 3.59. The lowest BCUT2D eigenvalue weighted by Crippen LogP contribution is -2.28. The lowest BCUT2D eigenvalue weighted by atomic mass is 10.0. The SMILES string of the molecule is CCCN1Cc2cc(Cl)cc(Cl)c2C1CN. The summed E-state index contributed by atoms with van der Waals surface area (Å²) in [5, 5.41) is 1.45. The summed E-state index contributed by atoms with van der Waals surface area (Å²) in [4.78, 5) is 2.37. The van der Waals surface area contributed by atoms with Crippen LogP contribution in [0.15, 0.2) is 12.1 Å². The van der Waals surface area contributed by atoms with Gasteiger partial charge in [-0.1, -0.05) is 30.1 Å². The van der Waals surface area contributed by atoms with Gasteiger partial charge in [-0.3, -0.25) is 4.90 Å². The summed E-state index contributed by atoms with van der Waals surface area (Å²) >= 11 is 12.3. The van der Waals surface area contributed by atoms with Gasteiger partial charge in [0.25, 0.3) is 0 Å². The predicted molar refractivity (Wildman–Crippen MR) is 69.0 cm³/mol. The largest absolute Gasteiger partial charge is 0.329 e. The van der Waals surface area contributed by atoms with Crippen molar-refractivity contribution in [3.63, 3.8) is 0 Å². The van der Waals surface area contributed by atoms with Crippen LogP contribution in [0.5, 0.6) is 0 Å². The summed E-state index contributed by atoms with van der Waals surface area (Å²) in [7, 11) is 0. The van der Waals surface area contributed by atoms with Crippen LogP contribution in [0.1, 0.15) is 30.5 Å². The number of hydrogen-bond donors (Lipinski definition) is 1. The highest BCUT2D eigenvalue weighted by atomic mass is 35.5. The zero-order valence-corrected chi connectivity index (χ0v) is 10.9. The van der Waals surface area contributed by atoms with Crippen molar-refractivity contribution >= 4 is 23.2 Å². The van der Waals surface area contributed by atoms with Gasteiger partial charge >= 0.3 is 0 Å². The maximum absolute atomic E-state index is 6.25. The van der Waals surface area contributed by atoms with Crippen LogP contribution in [0.3, 0.4) is 0 Å². The summed E-state index contributed by atoms with van der Waals surface area (Å²) in [6.45, 7) is 4.73. The molecule has 0 bridgehead atoms. The quantitative estimate of drug-likeness (QED) is 0.903. The molecular weight excluding hydrogens is 243 g/mol. The van der Waals surface area contributed by atoms with E-state index >= 15 is 0 Å². The second-order valence-corrected chi connectivity index (χ2v) is 5.03. The Morgan fingerprint density at radius 3 is 2.81 bits per heavy atom. The van der Waals surface area contributed by atoms with Gasteiger partial charge in [0.05, 0.1) is 0 Å². The highest BCUT2D eigenvalue weighted by Crippen LogP contribution is 2.39. The smallest absolute Gasteiger partial charge is 0.0492 e. The van der Waals surface area contributed by atoms with Crippen LogP contribution in [0.25, 0.3) is 0 Å². The Labute approximate surface area is 106 Å². The first-order chi connectivity index (χ1) is 7.67. The number of nitrogens with two attached hydrogens (primary N) is 1. The van der Waals surface area contributed by atoms with Crippen LogP contribution < -0.4 is 5.73 Å². The van der Waals surface area contributed by atoms with E-state index in [1.165, 1.54) is 11.1 Å². The van der Waals surface area contributed by atoms with Gasteiger partial charge in [-0.25, -0.2) is 0 Å². The molecule has 0 aromatic heterocycles. The van der Waals surface area contributed by atoms with Crippen molar-refractivity contribution in [1.29, 1.82) is 0 Å². The Balaban J connectivity index is 2.38. The Kier molecular flexibility index (Phi) is 3.75. The normalized spacial score (nSPS) is 20.1. The van der Waals surface area contributed by atoms with E-state index in [9.17, 15) is 0 Å². The topological polar surface area (TPSA) is 29.3 Å². The zero-order valence-electron chi connectivity index (χ0n) is 9.34. The fraction of sp³-hybridized carbons (Fsp3) is 0.500. The second-order valence-electron chi connectivity index (χ2n) is 4.18. The van der Waals surface area contributed by atoms with Crippen LogP contribution >= 0.6 is 23.2 Å². The first kappa shape index (κ1) is 12.2. The van der Waals surface area contributed by atoms with Gasteiger partial charge in [0.2, 0.25) is 0 Å². The van der Waals surface area contributed by atoms with Crippen molar-refractivity contribution in [2.75, 3.05) is 13.1 Å². The van der Waals surface area contributed by atoms with Crippen molar-refractivity contribution < 1.29 is 0 Å². The minimum absolute atomic E-state index is 0.250. The van der Waals surface area contributed by atoms with Crippen molar-refractivity contribution in [2.24, 2.45) is 5.73 Å². The van der Waals surface area contributed by atoms with Crippen LogP contribution in [0, 0.1) is 0 Å². The van der Waals surface area contributed by atoms with E-state index in [2.05, 4.69) is 11.8 Å². The van der Waals surface area contributed by atoms with Crippen molar-refractivity contribution in [3.05, 3.63) is 33.3 Å². The van der Waals surface area contributed by atoms with Crippen molar-refractivity contribution in [2.45, 2.75) is 25.9 Å². The molecule has 2 N–H and O–H groups in total. The number of nitrogens with zero attached hydrogens (tertiary/aromatic N) is 1. The summed E-state index contributed by atoms with van der Waals surface area (Å²) in [5.74, 6) is 0. The van der Waals surface area contributed by atoms with Gasteiger partial charge < -0.3 is 5.73 Å². The minimum atomic E-state index is 0.250. The molecule has 1 heterocycles. The van der Waals surface area contributed by atoms with E-state index in [0.717, 1.165) is 24.5 Å². The lowest BCUT2D eigenvalue weighted by molar-refractivity contribution is 0.220. The molecule has 0 aliphatic carbocycles. The van der Waals surface area contributed by atoms with Crippen LogP contribution in [0.4, 0.5) is 0 Å². The van der Waals surface area contributed by atoms with Gasteiger partial charge in [-0.05, 0) is 36.2 Å². The molecule has 1 aromatic rings. The van der Waals surface area contributed by atoms with E-state index in [1.54, 1.807) is 6.07 Å². The first-order valence-electron chi connectivity index (χ1n) is 5.59. The third kappa shape index (κ3) is 2.07. The predicted octanol–water partition coefficient (Wildman–Crippen LogP) is 3.22. The van der Waals surface area contributed by atoms with E-state index in [-0.39, 0.29) is 6.04 Å². The molecular formula is C12H16Cl2N2. The molecule has 2 rings (SSSR count). The highest BCUT2D eigenvalue weighted by molar-refractivity contribution is 6.35. The van der Waals surface area contributed by atoms with Crippen LogP contribution in [-0.2, 0) is 6.54 Å². The Hall–Kier alpha value is -0.280. The summed E-state index contributed by atoms with van der Waals surface area (Å²) < 4.78 is 0. The fourth-order valence-electron chi connectivity index (χ4n) is 2.44. The van der Waals surface area contributed by atoms with E-state index < -0.39 is 0 Å². The Morgan fingerprint density at radius 2 is 2.19 bits per heavy atom. The average molecular weight is 259 g/mol. The summed E-state index contributed by atoms with van der Waals surface area (Å²) in [6, 6.07) is 4.06. The molecule has 1 aromatic carbocycles. The fourth-order valence-corrected chi connectivity index (χ4v) is 3.10. The van der Waals surface area contributed by atoms with E-state index in [1.807, 2.05) is 6.07 Å². The monoisotopic (exact) mass is 258 g/mol. The number of fused-ring (bicyclic) bond motifs is 1. The molecule has 88 valence electrons. The average Bonchev–Trinajstić information content (AvgIpc) is 2.56. The van der Waals surface area contributed by atoms with Crippen LogP contribution in [0.2, 0.25) is 10.0 Å². The van der Waals surface area contributed by atoms with Gasteiger partial charge in [0.15, 0.2) is 0 Å². The molecule has 0 saturated heterocycles. The van der Waals surface area contributed by atoms with Gasteiger partial charge in [0, 0.05) is 29.2 Å². The molecule has 0 spiro atoms. The summed E-state index contributed by atoms with van der Waals surface area (Å²) in [5.41, 5.74) is 8.24. The van der Waals surface area contributed by atoms with Gasteiger partial charge in [-0.15, -0.1) is 0 Å². The third-order valence-electron chi connectivity index (χ3n) is 3.06. The molecule has 0 amide bonds. The zero-order chi connectivity index (χ0) is 11.7. The van der Waals surface area contributed by atoms with Crippen molar-refractivity contribution in [3.8, 4) is 0 Å². The molecule has 4 heteroatoms. The van der Waals surface area contributed by atoms with E-state index in [4.69, 9.17) is 28.9 Å². The highest BCUT2D eigenvalue weighted by Gasteiger charge is 2.30. The van der Waals surface area contributed by atoms with Crippen LogP contribution in [-0.4, -0.2) is 18.0 Å². The molecule has 1 aliphatic heterocycles. The van der Waals surface area contributed by atoms with E-state index in [0.29, 0.717) is 11.6 Å². The Bertz CT molecular complexity index is 393. The number of hydrogen-bond acceptors (Lipinski definition) is 2. The standard InChI is InChI=1S/C12H16Cl2N2/c1-2-3-16-7-8-4-9(13)5-10(14)12(8)11(16)6-15/h4-5,11H,2-3,6-7,15H2,1H3. The maximum atomic E-state index is 6.25. The van der Waals surface area contributed by atoms with Gasteiger partial charge in [-0.2, -0.15) is 0 Å². The molecule has 16 heavy (non-hydrogen) atoms. The molecule has 1 aliphatic rings. The Morgan fingerprint density at radius 1 is 1.44 bits per heavy atom. The molecule has 1 atom stereocenters. The lowest BCUT2D eigenvalue weighted by Gasteiger charge is -2.23. The summed E-state index contributed by atoms with van der Waals surface area (Å²) in [6.07, 6.45) is 1.12. The molecule has 0 saturated carbocycles. The van der Waals surface area contributed by atoms with Gasteiger partial charge in [0.1, 0.15) is 0 Å². The van der Waals surface area contributed by atoms with Crippen molar-refractivity contribution in [1.82, 2.24) is 4.90 Å². The molecule has 0 fully saturated rings. The molecule has 0 radical (unpaired) electrons. The number of rotatable bonds is 3. The number of benzene rings is 1. The second kappa shape index (κ2) is 4.92. The number of halogens is 2. The maximum Gasteiger partial charge on any atom is 0.0492 e. The molecule has 2 nitrogen and oxygen atoms in total.